The second kappa shape index (κ2) is 3.49. The summed E-state index contributed by atoms with van der Waals surface area (Å²) in [6.07, 6.45) is 0. The van der Waals surface area contributed by atoms with Gasteiger partial charge in [0.05, 0.1) is 6.61 Å². The van der Waals surface area contributed by atoms with Crippen LogP contribution in [0.5, 0.6) is 0 Å². The highest BCUT2D eigenvalue weighted by atomic mass is 16.3. The number of hydrogen-bond donors (Lipinski definition) is 3. The molecule has 0 spiro atoms. The molecule has 1 aliphatic heterocycles. The van der Waals surface area contributed by atoms with Gasteiger partial charge in [-0.25, -0.2) is 0 Å². The first-order chi connectivity index (χ1) is 5.17. The fourth-order valence-electron chi connectivity index (χ4n) is 1.25. The van der Waals surface area contributed by atoms with Crippen LogP contribution in [-0.2, 0) is 0 Å². The molecule has 1 heterocycles. The number of aliphatic hydroxyl groups is 2. The van der Waals surface area contributed by atoms with Crippen LogP contribution in [0.4, 0.5) is 0 Å². The fourth-order valence-corrected chi connectivity index (χ4v) is 1.25. The van der Waals surface area contributed by atoms with Gasteiger partial charge < -0.3 is 15.5 Å². The average Bonchev–Trinajstić information content (AvgIpc) is 2.06. The van der Waals surface area contributed by atoms with Gasteiger partial charge in [-0.2, -0.15) is 0 Å². The summed E-state index contributed by atoms with van der Waals surface area (Å²) in [6, 6.07) is 0. The monoisotopic (exact) mass is 160 g/mol. The molecule has 3 N–H and O–H groups in total. The number of piperazine rings is 1. The van der Waals surface area contributed by atoms with Gasteiger partial charge in [0.25, 0.3) is 0 Å². The molecular formula is C7H16N2O2. The van der Waals surface area contributed by atoms with Gasteiger partial charge in [-0.05, 0) is 6.92 Å². The molecular weight excluding hydrogens is 144 g/mol. The average molecular weight is 160 g/mol. The van der Waals surface area contributed by atoms with Crippen LogP contribution < -0.4 is 5.32 Å². The molecule has 1 saturated heterocycles. The summed E-state index contributed by atoms with van der Waals surface area (Å²) in [4.78, 5) is 1.88. The first-order valence-corrected chi connectivity index (χ1v) is 3.96. The zero-order valence-corrected chi connectivity index (χ0v) is 6.88. The topological polar surface area (TPSA) is 55.7 Å². The van der Waals surface area contributed by atoms with E-state index in [4.69, 9.17) is 5.11 Å². The maximum absolute atomic E-state index is 9.60. The molecule has 4 heteroatoms. The highest BCUT2D eigenvalue weighted by molar-refractivity contribution is 4.78. The molecule has 0 radical (unpaired) electrons. The molecule has 1 aliphatic rings. The van der Waals surface area contributed by atoms with Crippen molar-refractivity contribution in [3.8, 4) is 0 Å². The molecule has 0 aliphatic carbocycles. The molecule has 0 aromatic carbocycles. The summed E-state index contributed by atoms with van der Waals surface area (Å²) in [7, 11) is 0. The van der Waals surface area contributed by atoms with E-state index in [1.54, 1.807) is 6.92 Å². The highest BCUT2D eigenvalue weighted by Crippen LogP contribution is 2.10. The zero-order valence-electron chi connectivity index (χ0n) is 6.88. The first kappa shape index (κ1) is 8.93. The maximum Gasteiger partial charge on any atom is 0.139 e. The van der Waals surface area contributed by atoms with Crippen molar-refractivity contribution in [3.63, 3.8) is 0 Å². The van der Waals surface area contributed by atoms with Crippen LogP contribution >= 0.6 is 0 Å². The number of nitrogens with one attached hydrogen (secondary N) is 1. The number of rotatable bonds is 2. The predicted octanol–water partition coefficient (Wildman–Crippen LogP) is -1.41. The molecule has 66 valence electrons. The number of nitrogens with zero attached hydrogens (tertiary/aromatic N) is 1. The smallest absolute Gasteiger partial charge is 0.139 e. The van der Waals surface area contributed by atoms with E-state index in [9.17, 15) is 5.11 Å². The van der Waals surface area contributed by atoms with Crippen molar-refractivity contribution < 1.29 is 10.2 Å². The SMILES string of the molecule is CC(O)(CO)N1CCNCC1. The van der Waals surface area contributed by atoms with Gasteiger partial charge in [0.2, 0.25) is 0 Å². The first-order valence-electron chi connectivity index (χ1n) is 3.96. The molecule has 11 heavy (non-hydrogen) atoms. The van der Waals surface area contributed by atoms with Gasteiger partial charge in [-0.15, -0.1) is 0 Å². The summed E-state index contributed by atoms with van der Waals surface area (Å²) < 4.78 is 0. The van der Waals surface area contributed by atoms with Crippen molar-refractivity contribution in [3.05, 3.63) is 0 Å². The second-order valence-corrected chi connectivity index (χ2v) is 3.11. The molecule has 1 fully saturated rings. The van der Waals surface area contributed by atoms with Gasteiger partial charge in [-0.1, -0.05) is 0 Å². The zero-order chi connectivity index (χ0) is 8.32. The number of aliphatic hydroxyl groups excluding tert-OH is 1. The summed E-state index contributed by atoms with van der Waals surface area (Å²) in [6.45, 7) is 4.80. The second-order valence-electron chi connectivity index (χ2n) is 3.11. The van der Waals surface area contributed by atoms with Crippen molar-refractivity contribution >= 4 is 0 Å². The Balaban J connectivity index is 2.43. The molecule has 0 aromatic heterocycles. The standard InChI is InChI=1S/C7H16N2O2/c1-7(11,6-10)9-4-2-8-3-5-9/h8,10-11H,2-6H2,1H3. The minimum atomic E-state index is -1.04. The Bertz CT molecular complexity index is 122. The van der Waals surface area contributed by atoms with Crippen LogP contribution in [0.1, 0.15) is 6.92 Å². The van der Waals surface area contributed by atoms with Crippen LogP contribution in [0.3, 0.4) is 0 Å². The van der Waals surface area contributed by atoms with Crippen LogP contribution in [-0.4, -0.2) is 53.6 Å². The van der Waals surface area contributed by atoms with Gasteiger partial charge in [0.1, 0.15) is 5.72 Å². The van der Waals surface area contributed by atoms with Gasteiger partial charge in [-0.3, -0.25) is 4.90 Å². The lowest BCUT2D eigenvalue weighted by molar-refractivity contribution is -0.128. The Morgan fingerprint density at radius 1 is 1.45 bits per heavy atom. The molecule has 1 unspecified atom stereocenters. The van der Waals surface area contributed by atoms with Crippen LogP contribution in [0, 0.1) is 0 Å². The lowest BCUT2D eigenvalue weighted by Gasteiger charge is -2.38. The minimum absolute atomic E-state index is 0.201. The predicted molar refractivity (Wildman–Crippen MR) is 42.2 cm³/mol. The molecule has 0 aromatic rings. The van der Waals surface area contributed by atoms with E-state index >= 15 is 0 Å². The Morgan fingerprint density at radius 3 is 2.45 bits per heavy atom. The fraction of sp³-hybridized carbons (Fsp3) is 1.00. The van der Waals surface area contributed by atoms with Crippen molar-refractivity contribution in [1.29, 1.82) is 0 Å². The van der Waals surface area contributed by atoms with E-state index in [1.807, 2.05) is 4.90 Å². The van der Waals surface area contributed by atoms with Crippen molar-refractivity contribution in [2.45, 2.75) is 12.6 Å². The van der Waals surface area contributed by atoms with E-state index in [0.29, 0.717) is 0 Å². The maximum atomic E-state index is 9.60. The Hall–Kier alpha value is -0.160. The van der Waals surface area contributed by atoms with Crippen molar-refractivity contribution in [2.75, 3.05) is 32.8 Å². The van der Waals surface area contributed by atoms with Gasteiger partial charge >= 0.3 is 0 Å². The third-order valence-electron chi connectivity index (χ3n) is 2.10. The van der Waals surface area contributed by atoms with E-state index in [2.05, 4.69) is 5.32 Å². The number of hydrogen-bond acceptors (Lipinski definition) is 4. The molecule has 0 bridgehead atoms. The van der Waals surface area contributed by atoms with E-state index in [-0.39, 0.29) is 6.61 Å². The quantitative estimate of drug-likeness (QED) is 0.464. The van der Waals surface area contributed by atoms with Crippen LogP contribution in [0.2, 0.25) is 0 Å². The largest absolute Gasteiger partial charge is 0.392 e. The summed E-state index contributed by atoms with van der Waals surface area (Å²) >= 11 is 0. The normalized spacial score (nSPS) is 26.5. The molecule has 1 atom stereocenters. The summed E-state index contributed by atoms with van der Waals surface area (Å²) in [5.41, 5.74) is -1.04. The van der Waals surface area contributed by atoms with Crippen molar-refractivity contribution in [1.82, 2.24) is 10.2 Å². The third-order valence-corrected chi connectivity index (χ3v) is 2.10. The lowest BCUT2D eigenvalue weighted by atomic mass is 10.2. The van der Waals surface area contributed by atoms with Crippen LogP contribution in [0.15, 0.2) is 0 Å². The molecule has 0 saturated carbocycles. The minimum Gasteiger partial charge on any atom is -0.392 e. The summed E-state index contributed by atoms with van der Waals surface area (Å²) in [5.74, 6) is 0. The van der Waals surface area contributed by atoms with E-state index < -0.39 is 5.72 Å². The highest BCUT2D eigenvalue weighted by Gasteiger charge is 2.28. The van der Waals surface area contributed by atoms with E-state index in [1.165, 1.54) is 0 Å². The Labute approximate surface area is 66.8 Å². The Kier molecular flexibility index (Phi) is 2.84. The molecule has 0 amide bonds. The van der Waals surface area contributed by atoms with Gasteiger partial charge in [0.15, 0.2) is 0 Å². The lowest BCUT2D eigenvalue weighted by Crippen LogP contribution is -2.56. The molecule has 1 rings (SSSR count). The Morgan fingerprint density at radius 2 is 2.00 bits per heavy atom. The molecule has 4 nitrogen and oxygen atoms in total. The van der Waals surface area contributed by atoms with E-state index in [0.717, 1.165) is 26.2 Å². The summed E-state index contributed by atoms with van der Waals surface area (Å²) in [5, 5.41) is 21.6. The van der Waals surface area contributed by atoms with Gasteiger partial charge in [0, 0.05) is 26.2 Å². The van der Waals surface area contributed by atoms with Crippen LogP contribution in [0.25, 0.3) is 0 Å². The third kappa shape index (κ3) is 2.13. The van der Waals surface area contributed by atoms with Crippen molar-refractivity contribution in [2.24, 2.45) is 0 Å².